The second-order valence-electron chi connectivity index (χ2n) is 5.64. The summed E-state index contributed by atoms with van der Waals surface area (Å²) in [5.74, 6) is -0.419. The molecule has 2 saturated carbocycles. The van der Waals surface area contributed by atoms with Gasteiger partial charge >= 0.3 is 0 Å². The Bertz CT molecular complexity index is 505. The van der Waals surface area contributed by atoms with Crippen LogP contribution in [0.5, 0.6) is 0 Å². The molecule has 0 spiro atoms. The van der Waals surface area contributed by atoms with E-state index in [1.54, 1.807) is 13.0 Å². The monoisotopic (exact) mass is 258 g/mol. The number of hydrogen-bond acceptors (Lipinski definition) is 3. The summed E-state index contributed by atoms with van der Waals surface area (Å²) < 4.78 is 31.3. The molecule has 2 aliphatic carbocycles. The molecule has 0 saturated heterocycles. The van der Waals surface area contributed by atoms with Crippen molar-refractivity contribution in [2.24, 2.45) is 16.7 Å². The fourth-order valence-electron chi connectivity index (χ4n) is 3.54. The average Bonchev–Trinajstić information content (AvgIpc) is 2.26. The number of Topliss-reactive ketones (excluding diaryl/α,β-unsaturated/α-hetero) is 1. The van der Waals surface area contributed by atoms with Gasteiger partial charge in [0.15, 0.2) is 5.78 Å². The second-order valence-corrected chi connectivity index (χ2v) is 7.09. The molecule has 0 aliphatic heterocycles. The van der Waals surface area contributed by atoms with E-state index in [1.165, 1.54) is 0 Å². The quantitative estimate of drug-likeness (QED) is 0.606. The number of carbonyl (C=O) groups is 1. The molecule has 0 heterocycles. The van der Waals surface area contributed by atoms with Gasteiger partial charge < -0.3 is 0 Å². The number of allylic oxidation sites excluding steroid dienone is 2. The van der Waals surface area contributed by atoms with Crippen LogP contribution in [0.1, 0.15) is 33.6 Å². The Labute approximate surface area is 102 Å². The minimum absolute atomic E-state index is 0.109. The molecule has 0 bridgehead atoms. The lowest BCUT2D eigenvalue weighted by Crippen LogP contribution is -2.49. The lowest BCUT2D eigenvalue weighted by molar-refractivity contribution is -0.127. The van der Waals surface area contributed by atoms with Gasteiger partial charge in [-0.2, -0.15) is 8.42 Å². The highest BCUT2D eigenvalue weighted by Crippen LogP contribution is 2.66. The third-order valence-electron chi connectivity index (χ3n) is 4.90. The second kappa shape index (κ2) is 3.42. The maximum atomic E-state index is 12.4. The number of carbonyl (C=O) groups excluding carboxylic acids is 1. The number of fused-ring (bicyclic) bond motifs is 1. The summed E-state index contributed by atoms with van der Waals surface area (Å²) in [5.41, 5.74) is -0.558. The summed E-state index contributed by atoms with van der Waals surface area (Å²) in [6.45, 7) is 5.44. The van der Waals surface area contributed by atoms with E-state index in [4.69, 9.17) is 4.55 Å². The largest absolute Gasteiger partial charge is 0.294 e. The highest BCUT2D eigenvalue weighted by molar-refractivity contribution is 7.85. The number of rotatable bonds is 2. The van der Waals surface area contributed by atoms with Crippen molar-refractivity contribution in [2.45, 2.75) is 33.6 Å². The van der Waals surface area contributed by atoms with E-state index >= 15 is 0 Å². The molecule has 2 aliphatic rings. The van der Waals surface area contributed by atoms with E-state index in [0.29, 0.717) is 0 Å². The zero-order valence-corrected chi connectivity index (χ0v) is 11.2. The Hall–Kier alpha value is -0.680. The first-order valence-corrected chi connectivity index (χ1v) is 7.43. The molecule has 0 aromatic heterocycles. The fraction of sp³-hybridized carbons (Fsp3) is 0.750. The smallest absolute Gasteiger partial charge is 0.265 e. The van der Waals surface area contributed by atoms with Crippen LogP contribution in [0.15, 0.2) is 11.6 Å². The Morgan fingerprint density at radius 2 is 2.06 bits per heavy atom. The van der Waals surface area contributed by atoms with Crippen molar-refractivity contribution in [1.29, 1.82) is 0 Å². The minimum atomic E-state index is -4.14. The van der Waals surface area contributed by atoms with E-state index in [0.717, 1.165) is 18.4 Å². The van der Waals surface area contributed by atoms with Crippen LogP contribution in [0, 0.1) is 16.7 Å². The van der Waals surface area contributed by atoms with Crippen molar-refractivity contribution in [2.75, 3.05) is 5.75 Å². The van der Waals surface area contributed by atoms with E-state index < -0.39 is 21.3 Å². The lowest BCUT2D eigenvalue weighted by atomic mass is 9.54. The third kappa shape index (κ3) is 1.52. The first-order valence-electron chi connectivity index (χ1n) is 5.82. The van der Waals surface area contributed by atoms with Crippen LogP contribution in [0.3, 0.4) is 0 Å². The highest BCUT2D eigenvalue weighted by atomic mass is 32.2. The minimum Gasteiger partial charge on any atom is -0.294 e. The molecule has 3 unspecified atom stereocenters. The van der Waals surface area contributed by atoms with Crippen molar-refractivity contribution >= 4 is 15.9 Å². The molecule has 0 aromatic carbocycles. The molecular weight excluding hydrogens is 240 g/mol. The zero-order chi connectivity index (χ0) is 13.1. The van der Waals surface area contributed by atoms with Gasteiger partial charge in [-0.25, -0.2) is 0 Å². The van der Waals surface area contributed by atoms with E-state index in [9.17, 15) is 13.2 Å². The van der Waals surface area contributed by atoms with Gasteiger partial charge in [0.1, 0.15) is 0 Å². The van der Waals surface area contributed by atoms with Crippen LogP contribution >= 0.6 is 0 Å². The van der Waals surface area contributed by atoms with Gasteiger partial charge in [-0.15, -0.1) is 0 Å². The molecule has 0 aromatic rings. The van der Waals surface area contributed by atoms with Crippen LogP contribution in [0.4, 0.5) is 0 Å². The topological polar surface area (TPSA) is 71.4 Å². The maximum Gasteiger partial charge on any atom is 0.265 e. The zero-order valence-electron chi connectivity index (χ0n) is 10.4. The third-order valence-corrected chi connectivity index (χ3v) is 5.84. The summed E-state index contributed by atoms with van der Waals surface area (Å²) >= 11 is 0. The molecule has 0 radical (unpaired) electrons. The first kappa shape index (κ1) is 12.8. The Morgan fingerprint density at radius 1 is 1.47 bits per heavy atom. The number of hydrogen-bond donors (Lipinski definition) is 1. The van der Waals surface area contributed by atoms with Crippen LogP contribution in [-0.2, 0) is 14.9 Å². The van der Waals surface area contributed by atoms with Crippen LogP contribution in [0.2, 0.25) is 0 Å². The summed E-state index contributed by atoms with van der Waals surface area (Å²) in [4.78, 5) is 12.4. The lowest BCUT2D eigenvalue weighted by Gasteiger charge is -2.49. The molecule has 5 heteroatoms. The number of ketones is 1. The highest BCUT2D eigenvalue weighted by Gasteiger charge is 2.67. The van der Waals surface area contributed by atoms with Crippen molar-refractivity contribution in [3.8, 4) is 0 Å². The van der Waals surface area contributed by atoms with Crippen molar-refractivity contribution in [1.82, 2.24) is 0 Å². The summed E-state index contributed by atoms with van der Waals surface area (Å²) in [7, 11) is -4.14. The van der Waals surface area contributed by atoms with Gasteiger partial charge in [0, 0.05) is 0 Å². The normalized spacial score (nSPS) is 43.6. The van der Waals surface area contributed by atoms with Gasteiger partial charge in [0.05, 0.1) is 11.2 Å². The summed E-state index contributed by atoms with van der Waals surface area (Å²) in [5, 5.41) is 0. The van der Waals surface area contributed by atoms with Gasteiger partial charge in [0.2, 0.25) is 0 Å². The maximum absolute atomic E-state index is 12.4. The molecular formula is C12H18O4S. The van der Waals surface area contributed by atoms with Crippen molar-refractivity contribution in [3.63, 3.8) is 0 Å². The van der Waals surface area contributed by atoms with Crippen molar-refractivity contribution < 1.29 is 17.8 Å². The Balaban J connectivity index is 2.50. The average molecular weight is 258 g/mol. The van der Waals surface area contributed by atoms with E-state index in [1.807, 2.05) is 13.8 Å². The van der Waals surface area contributed by atoms with Gasteiger partial charge in [-0.3, -0.25) is 9.35 Å². The fourth-order valence-corrected chi connectivity index (χ4v) is 4.73. The SMILES string of the molecule is C/C=C1/C(=O)C(C)(CS(=O)(=O)O)C2(C)CCC12. The van der Waals surface area contributed by atoms with E-state index in [-0.39, 0.29) is 17.1 Å². The van der Waals surface area contributed by atoms with Crippen LogP contribution in [0.25, 0.3) is 0 Å². The molecule has 4 nitrogen and oxygen atoms in total. The Kier molecular flexibility index (Phi) is 2.57. The van der Waals surface area contributed by atoms with Crippen molar-refractivity contribution in [3.05, 3.63) is 11.6 Å². The first-order chi connectivity index (χ1) is 7.66. The molecule has 1 N–H and O–H groups in total. The van der Waals surface area contributed by atoms with Crippen LogP contribution in [-0.4, -0.2) is 24.5 Å². The summed E-state index contributed by atoms with van der Waals surface area (Å²) in [6.07, 6.45) is 3.56. The Morgan fingerprint density at radius 3 is 2.35 bits per heavy atom. The molecule has 2 rings (SSSR count). The predicted octanol–water partition coefficient (Wildman–Crippen LogP) is 1.83. The van der Waals surface area contributed by atoms with Crippen LogP contribution < -0.4 is 0 Å². The summed E-state index contributed by atoms with van der Waals surface area (Å²) in [6, 6.07) is 0. The molecule has 3 atom stereocenters. The molecule has 0 amide bonds. The van der Waals surface area contributed by atoms with Gasteiger partial charge in [0.25, 0.3) is 10.1 Å². The standard InChI is InChI=1S/C12H18O4S/c1-4-8-9-5-6-11(9,2)12(3,10(8)13)7-17(14,15)16/h4,9H,5-7H2,1-3H3,(H,14,15,16)/b8-4+. The van der Waals surface area contributed by atoms with E-state index in [2.05, 4.69) is 0 Å². The molecule has 17 heavy (non-hydrogen) atoms. The van der Waals surface area contributed by atoms with Gasteiger partial charge in [-0.1, -0.05) is 19.9 Å². The van der Waals surface area contributed by atoms with Gasteiger partial charge in [-0.05, 0) is 36.7 Å². The predicted molar refractivity (Wildman–Crippen MR) is 64.1 cm³/mol. The molecule has 96 valence electrons. The molecule has 2 fully saturated rings.